The number of benzene rings is 3. The Morgan fingerprint density at radius 2 is 1.71 bits per heavy atom. The van der Waals surface area contributed by atoms with Crippen molar-refractivity contribution < 1.29 is 23.8 Å². The van der Waals surface area contributed by atoms with E-state index in [1.165, 1.54) is 0 Å². The highest BCUT2D eigenvalue weighted by molar-refractivity contribution is 6.16. The predicted molar refractivity (Wildman–Crippen MR) is 161 cm³/mol. The number of methoxy groups -OCH3 is 1. The number of amides is 2. The van der Waals surface area contributed by atoms with Gasteiger partial charge >= 0.3 is 6.03 Å². The minimum Gasteiger partial charge on any atom is -0.497 e. The molecule has 2 amide bonds. The maximum Gasteiger partial charge on any atom is 0.323 e. The Bertz CT molecular complexity index is 1640. The van der Waals surface area contributed by atoms with Gasteiger partial charge in [0.1, 0.15) is 23.9 Å². The second-order valence-corrected chi connectivity index (χ2v) is 10.0. The maximum atomic E-state index is 13.4. The first-order valence-electron chi connectivity index (χ1n) is 13.5. The Labute approximate surface area is 239 Å². The van der Waals surface area contributed by atoms with E-state index in [1.807, 2.05) is 44.1 Å². The number of fused-ring (bicyclic) bond motifs is 2. The third kappa shape index (κ3) is 5.90. The highest BCUT2D eigenvalue weighted by Gasteiger charge is 2.29. The SMILES string of the molecule is CCn1c(C)c(C=C2Oc3ccc(NC(=O)Nc4ccc(OCCN(C)C)cc4)cc3C2=O)c2cc(OC)ccc21. The molecule has 9 nitrogen and oxygen atoms in total. The van der Waals surface area contributed by atoms with Crippen molar-refractivity contribution in [2.75, 3.05) is 45.0 Å². The van der Waals surface area contributed by atoms with Gasteiger partial charge in [-0.2, -0.15) is 0 Å². The van der Waals surface area contributed by atoms with Gasteiger partial charge in [0.05, 0.1) is 12.7 Å². The monoisotopic (exact) mass is 554 g/mol. The number of hydrogen-bond acceptors (Lipinski definition) is 6. The van der Waals surface area contributed by atoms with Gasteiger partial charge < -0.3 is 34.3 Å². The molecule has 212 valence electrons. The number of ether oxygens (including phenoxy) is 3. The van der Waals surface area contributed by atoms with E-state index in [0.717, 1.165) is 46.7 Å². The Balaban J connectivity index is 1.29. The van der Waals surface area contributed by atoms with Crippen LogP contribution in [0.2, 0.25) is 0 Å². The Kier molecular flexibility index (Phi) is 7.98. The quantitative estimate of drug-likeness (QED) is 0.240. The molecule has 1 aromatic heterocycles. The standard InChI is InChI=1S/C32H34N4O5/c1-6-36-20(2)25(26-18-24(39-5)12-13-28(26)36)19-30-31(37)27-17-22(9-14-29(27)41-30)34-32(38)33-21-7-10-23(11-8-21)40-16-15-35(3)4/h7-14,17-19H,6,15-16H2,1-5H3,(H2,33,34,38). The van der Waals surface area contributed by atoms with Gasteiger partial charge in [0, 0.05) is 46.6 Å². The number of aryl methyl sites for hydroxylation is 1. The van der Waals surface area contributed by atoms with Crippen LogP contribution in [0.3, 0.4) is 0 Å². The number of Topliss-reactive ketones (excluding diaryl/α,β-unsaturated/α-hetero) is 1. The summed E-state index contributed by atoms with van der Waals surface area (Å²) < 4.78 is 19.3. The number of carbonyl (C=O) groups is 2. The number of urea groups is 1. The molecule has 0 spiro atoms. The van der Waals surface area contributed by atoms with E-state index in [9.17, 15) is 9.59 Å². The Morgan fingerprint density at radius 1 is 1.00 bits per heavy atom. The molecule has 0 fully saturated rings. The van der Waals surface area contributed by atoms with E-state index in [1.54, 1.807) is 55.7 Å². The summed E-state index contributed by atoms with van der Waals surface area (Å²) in [6, 6.07) is 17.7. The van der Waals surface area contributed by atoms with Crippen LogP contribution in [0.1, 0.15) is 28.5 Å². The fourth-order valence-corrected chi connectivity index (χ4v) is 4.88. The van der Waals surface area contributed by atoms with Gasteiger partial charge in [-0.15, -0.1) is 0 Å². The molecule has 41 heavy (non-hydrogen) atoms. The van der Waals surface area contributed by atoms with E-state index in [4.69, 9.17) is 14.2 Å². The van der Waals surface area contributed by atoms with Crippen LogP contribution >= 0.6 is 0 Å². The predicted octanol–water partition coefficient (Wildman–Crippen LogP) is 6.18. The number of nitrogens with one attached hydrogen (secondary N) is 2. The van der Waals surface area contributed by atoms with Crippen LogP contribution in [-0.4, -0.2) is 55.6 Å². The number of aromatic nitrogens is 1. The van der Waals surface area contributed by atoms with E-state index in [-0.39, 0.29) is 11.5 Å². The average molecular weight is 555 g/mol. The Hall–Kier alpha value is -4.76. The van der Waals surface area contributed by atoms with Gasteiger partial charge in [-0.05, 0) is 94.7 Å². The highest BCUT2D eigenvalue weighted by Crippen LogP contribution is 2.36. The molecule has 1 aliphatic rings. The summed E-state index contributed by atoms with van der Waals surface area (Å²) >= 11 is 0. The number of allylic oxidation sites excluding steroid dienone is 1. The maximum absolute atomic E-state index is 13.4. The van der Waals surface area contributed by atoms with Crippen LogP contribution < -0.4 is 24.8 Å². The van der Waals surface area contributed by atoms with Gasteiger partial charge in [0.15, 0.2) is 5.76 Å². The summed E-state index contributed by atoms with van der Waals surface area (Å²) in [6.45, 7) is 6.29. The molecule has 0 bridgehead atoms. The van der Waals surface area contributed by atoms with Crippen LogP contribution in [0.5, 0.6) is 17.2 Å². The lowest BCUT2D eigenvalue weighted by molar-refractivity contribution is 0.101. The van der Waals surface area contributed by atoms with Crippen LogP contribution in [0.15, 0.2) is 66.4 Å². The zero-order valence-electron chi connectivity index (χ0n) is 23.9. The Morgan fingerprint density at radius 3 is 2.41 bits per heavy atom. The first-order chi connectivity index (χ1) is 19.8. The van der Waals surface area contributed by atoms with Crippen molar-refractivity contribution >= 4 is 40.2 Å². The molecule has 0 radical (unpaired) electrons. The molecule has 0 atom stereocenters. The highest BCUT2D eigenvalue weighted by atomic mass is 16.5. The number of ketones is 1. The summed E-state index contributed by atoms with van der Waals surface area (Å²) in [5.74, 6) is 1.91. The van der Waals surface area contributed by atoms with Crippen LogP contribution in [0.4, 0.5) is 16.2 Å². The number of anilines is 2. The lowest BCUT2D eigenvalue weighted by Gasteiger charge is -2.12. The minimum absolute atomic E-state index is 0.232. The fraction of sp³-hybridized carbons (Fsp3) is 0.250. The number of nitrogens with zero attached hydrogens (tertiary/aromatic N) is 2. The molecule has 0 saturated heterocycles. The van der Waals surface area contributed by atoms with E-state index < -0.39 is 6.03 Å². The molecular formula is C32H34N4O5. The first kappa shape index (κ1) is 27.8. The van der Waals surface area contributed by atoms with E-state index >= 15 is 0 Å². The average Bonchev–Trinajstić information content (AvgIpc) is 3.41. The number of rotatable bonds is 9. The minimum atomic E-state index is -0.426. The lowest BCUT2D eigenvalue weighted by atomic mass is 10.1. The van der Waals surface area contributed by atoms with Gasteiger partial charge in [-0.25, -0.2) is 4.79 Å². The molecule has 2 heterocycles. The lowest BCUT2D eigenvalue weighted by Crippen LogP contribution is -2.20. The molecule has 4 aromatic rings. The largest absolute Gasteiger partial charge is 0.497 e. The number of hydrogen-bond donors (Lipinski definition) is 2. The van der Waals surface area contributed by atoms with Gasteiger partial charge in [0.2, 0.25) is 5.78 Å². The van der Waals surface area contributed by atoms with Crippen molar-refractivity contribution in [3.63, 3.8) is 0 Å². The third-order valence-electron chi connectivity index (χ3n) is 7.02. The van der Waals surface area contributed by atoms with Crippen molar-refractivity contribution in [1.82, 2.24) is 9.47 Å². The molecular weight excluding hydrogens is 520 g/mol. The van der Waals surface area contributed by atoms with Crippen LogP contribution in [0.25, 0.3) is 17.0 Å². The molecule has 0 saturated carbocycles. The van der Waals surface area contributed by atoms with E-state index in [0.29, 0.717) is 29.3 Å². The number of likely N-dealkylation sites (N-methyl/N-ethyl adjacent to an activating group) is 1. The van der Waals surface area contributed by atoms with Gasteiger partial charge in [0.25, 0.3) is 0 Å². The van der Waals surface area contributed by atoms with Gasteiger partial charge in [-0.3, -0.25) is 4.79 Å². The summed E-state index contributed by atoms with van der Waals surface area (Å²) in [5.41, 5.74) is 4.48. The normalized spacial score (nSPS) is 13.4. The van der Waals surface area contributed by atoms with Crippen molar-refractivity contribution in [3.8, 4) is 17.2 Å². The number of carbonyl (C=O) groups excluding carboxylic acids is 2. The fourth-order valence-electron chi connectivity index (χ4n) is 4.88. The summed E-state index contributed by atoms with van der Waals surface area (Å²) in [6.07, 6.45) is 1.79. The first-order valence-corrected chi connectivity index (χ1v) is 13.5. The molecule has 9 heteroatoms. The van der Waals surface area contributed by atoms with Crippen molar-refractivity contribution in [3.05, 3.63) is 83.2 Å². The topological polar surface area (TPSA) is 94.1 Å². The molecule has 5 rings (SSSR count). The summed E-state index contributed by atoms with van der Waals surface area (Å²) in [4.78, 5) is 28.0. The molecule has 1 aliphatic heterocycles. The van der Waals surface area contributed by atoms with Crippen molar-refractivity contribution in [2.24, 2.45) is 0 Å². The van der Waals surface area contributed by atoms with Crippen molar-refractivity contribution in [2.45, 2.75) is 20.4 Å². The zero-order valence-corrected chi connectivity index (χ0v) is 23.9. The summed E-state index contributed by atoms with van der Waals surface area (Å²) in [5, 5.41) is 6.57. The molecule has 0 aliphatic carbocycles. The van der Waals surface area contributed by atoms with Crippen LogP contribution in [0, 0.1) is 6.92 Å². The second-order valence-electron chi connectivity index (χ2n) is 10.0. The van der Waals surface area contributed by atoms with E-state index in [2.05, 4.69) is 22.1 Å². The molecule has 3 aromatic carbocycles. The third-order valence-corrected chi connectivity index (χ3v) is 7.02. The van der Waals surface area contributed by atoms with Gasteiger partial charge in [-0.1, -0.05) is 0 Å². The smallest absolute Gasteiger partial charge is 0.323 e. The zero-order chi connectivity index (χ0) is 29.1. The van der Waals surface area contributed by atoms with Crippen molar-refractivity contribution in [1.29, 1.82) is 0 Å². The second kappa shape index (κ2) is 11.8. The summed E-state index contributed by atoms with van der Waals surface area (Å²) in [7, 11) is 5.61. The molecule has 2 N–H and O–H groups in total. The molecule has 0 unspecified atom stereocenters. The van der Waals surface area contributed by atoms with Crippen LogP contribution in [-0.2, 0) is 6.54 Å².